The molecule has 0 radical (unpaired) electrons. The first-order valence-electron chi connectivity index (χ1n) is 8.80. The fourth-order valence-electron chi connectivity index (χ4n) is 2.63. The van der Waals surface area contributed by atoms with E-state index in [9.17, 15) is 4.79 Å². The highest BCUT2D eigenvalue weighted by Crippen LogP contribution is 2.29. The molecule has 136 valence electrons. The van der Waals surface area contributed by atoms with Crippen LogP contribution in [-0.4, -0.2) is 16.7 Å². The van der Waals surface area contributed by atoms with Gasteiger partial charge in [0.2, 0.25) is 0 Å². The Morgan fingerprint density at radius 3 is 2.48 bits per heavy atom. The summed E-state index contributed by atoms with van der Waals surface area (Å²) in [5, 5.41) is 3.02. The molecular weight excluding hydrogens is 332 g/mol. The van der Waals surface area contributed by atoms with Gasteiger partial charge in [-0.25, -0.2) is 9.78 Å². The number of hydrogen-bond donors (Lipinski definition) is 1. The standard InChI is InChI=1S/C20H28N2O2S/c1-6-7-8-17(22-19(23)24-20(3,4)5)15-9-11-16(12-10-15)18-14(2)21-13-25-18/h9-13,17H,6-8H2,1-5H3,(H,22,23). The van der Waals surface area contributed by atoms with Gasteiger partial charge in [0.1, 0.15) is 5.60 Å². The van der Waals surface area contributed by atoms with E-state index in [4.69, 9.17) is 4.74 Å². The molecule has 0 aliphatic heterocycles. The molecule has 4 nitrogen and oxygen atoms in total. The smallest absolute Gasteiger partial charge is 0.408 e. The molecule has 0 aliphatic carbocycles. The molecule has 1 atom stereocenters. The molecule has 25 heavy (non-hydrogen) atoms. The Labute approximate surface area is 154 Å². The lowest BCUT2D eigenvalue weighted by Gasteiger charge is -2.24. The van der Waals surface area contributed by atoms with Gasteiger partial charge in [0.25, 0.3) is 0 Å². The third kappa shape index (κ3) is 5.85. The van der Waals surface area contributed by atoms with Gasteiger partial charge in [-0.15, -0.1) is 11.3 Å². The van der Waals surface area contributed by atoms with Crippen LogP contribution in [0, 0.1) is 6.92 Å². The fourth-order valence-corrected chi connectivity index (χ4v) is 3.44. The van der Waals surface area contributed by atoms with Crippen molar-refractivity contribution in [2.75, 3.05) is 0 Å². The second-order valence-electron chi connectivity index (χ2n) is 7.23. The van der Waals surface area contributed by atoms with Crippen molar-refractivity contribution >= 4 is 17.4 Å². The minimum atomic E-state index is -0.493. The molecule has 0 fully saturated rings. The molecule has 0 spiro atoms. The Bertz CT molecular complexity index is 686. The lowest BCUT2D eigenvalue weighted by atomic mass is 9.99. The number of carbonyl (C=O) groups excluding carboxylic acids is 1. The normalized spacial score (nSPS) is 12.7. The summed E-state index contributed by atoms with van der Waals surface area (Å²) in [4.78, 5) is 17.7. The van der Waals surface area contributed by atoms with Crippen molar-refractivity contribution < 1.29 is 9.53 Å². The quantitative estimate of drug-likeness (QED) is 0.700. The van der Waals surface area contributed by atoms with Crippen LogP contribution in [0.2, 0.25) is 0 Å². The van der Waals surface area contributed by atoms with Crippen LogP contribution in [0.5, 0.6) is 0 Å². The molecule has 1 N–H and O–H groups in total. The maximum atomic E-state index is 12.2. The first-order chi connectivity index (χ1) is 11.8. The summed E-state index contributed by atoms with van der Waals surface area (Å²) >= 11 is 1.65. The minimum Gasteiger partial charge on any atom is -0.444 e. The average Bonchev–Trinajstić information content (AvgIpc) is 2.96. The number of carbonyl (C=O) groups is 1. The summed E-state index contributed by atoms with van der Waals surface area (Å²) in [5.41, 5.74) is 4.69. The van der Waals surface area contributed by atoms with Gasteiger partial charge in [-0.1, -0.05) is 44.0 Å². The molecule has 0 aliphatic rings. The largest absolute Gasteiger partial charge is 0.444 e. The van der Waals surface area contributed by atoms with E-state index >= 15 is 0 Å². The number of rotatable bonds is 6. The van der Waals surface area contributed by atoms with E-state index in [1.165, 1.54) is 4.88 Å². The summed E-state index contributed by atoms with van der Waals surface area (Å²) in [6, 6.07) is 8.35. The number of hydrogen-bond acceptors (Lipinski definition) is 4. The van der Waals surface area contributed by atoms with Gasteiger partial charge >= 0.3 is 6.09 Å². The van der Waals surface area contributed by atoms with Crippen molar-refractivity contribution in [3.63, 3.8) is 0 Å². The molecular formula is C20H28N2O2S. The third-order valence-electron chi connectivity index (χ3n) is 3.86. The molecule has 1 unspecified atom stereocenters. The summed E-state index contributed by atoms with van der Waals surface area (Å²) in [7, 11) is 0. The third-order valence-corrected chi connectivity index (χ3v) is 4.84. The van der Waals surface area contributed by atoms with E-state index in [2.05, 4.69) is 41.5 Å². The SMILES string of the molecule is CCCCC(NC(=O)OC(C)(C)C)c1ccc(-c2scnc2C)cc1. The minimum absolute atomic E-state index is 0.0357. The number of thiazole rings is 1. The van der Waals surface area contributed by atoms with Crippen molar-refractivity contribution in [2.24, 2.45) is 0 Å². The maximum absolute atomic E-state index is 12.2. The van der Waals surface area contributed by atoms with Crippen LogP contribution < -0.4 is 5.32 Å². The van der Waals surface area contributed by atoms with Crippen LogP contribution in [0.3, 0.4) is 0 Å². The van der Waals surface area contributed by atoms with Crippen molar-refractivity contribution in [3.05, 3.63) is 41.0 Å². The van der Waals surface area contributed by atoms with Crippen LogP contribution in [0.25, 0.3) is 10.4 Å². The number of amides is 1. The summed E-state index contributed by atoms with van der Waals surface area (Å²) < 4.78 is 5.41. The maximum Gasteiger partial charge on any atom is 0.408 e. The Balaban J connectivity index is 2.14. The Kier molecular flexibility index (Phi) is 6.59. The Morgan fingerprint density at radius 1 is 1.28 bits per heavy atom. The summed E-state index contributed by atoms with van der Waals surface area (Å²) in [6.45, 7) is 9.80. The van der Waals surface area contributed by atoms with Crippen molar-refractivity contribution in [2.45, 2.75) is 65.5 Å². The fraction of sp³-hybridized carbons (Fsp3) is 0.500. The summed E-state index contributed by atoms with van der Waals surface area (Å²) in [6.07, 6.45) is 2.67. The predicted molar refractivity (Wildman–Crippen MR) is 104 cm³/mol. The van der Waals surface area contributed by atoms with E-state index in [0.717, 1.165) is 36.1 Å². The number of benzene rings is 1. The lowest BCUT2D eigenvalue weighted by molar-refractivity contribution is 0.0500. The van der Waals surface area contributed by atoms with Crippen LogP contribution in [-0.2, 0) is 4.74 Å². The molecule has 1 heterocycles. The zero-order valence-corrected chi connectivity index (χ0v) is 16.6. The zero-order chi connectivity index (χ0) is 18.4. The molecule has 2 rings (SSSR count). The van der Waals surface area contributed by atoms with Crippen LogP contribution in [0.4, 0.5) is 4.79 Å². The molecule has 1 amide bonds. The summed E-state index contributed by atoms with van der Waals surface area (Å²) in [5.74, 6) is 0. The second kappa shape index (κ2) is 8.48. The first kappa shape index (κ1) is 19.4. The van der Waals surface area contributed by atoms with Crippen LogP contribution >= 0.6 is 11.3 Å². The van der Waals surface area contributed by atoms with E-state index in [1.54, 1.807) is 11.3 Å². The highest BCUT2D eigenvalue weighted by Gasteiger charge is 2.20. The molecule has 0 bridgehead atoms. The van der Waals surface area contributed by atoms with E-state index < -0.39 is 5.60 Å². The number of unbranched alkanes of at least 4 members (excludes halogenated alkanes) is 1. The predicted octanol–water partition coefficient (Wildman–Crippen LogP) is 5.87. The molecule has 1 aromatic heterocycles. The van der Waals surface area contributed by atoms with Gasteiger partial charge in [0.05, 0.1) is 22.1 Å². The molecule has 2 aromatic rings. The number of ether oxygens (including phenoxy) is 1. The average molecular weight is 361 g/mol. The van der Waals surface area contributed by atoms with Crippen molar-refractivity contribution in [3.8, 4) is 10.4 Å². The Hall–Kier alpha value is -1.88. The Morgan fingerprint density at radius 2 is 1.96 bits per heavy atom. The van der Waals surface area contributed by atoms with Gasteiger partial charge in [-0.2, -0.15) is 0 Å². The second-order valence-corrected chi connectivity index (χ2v) is 8.08. The number of aryl methyl sites for hydroxylation is 1. The van der Waals surface area contributed by atoms with Crippen molar-refractivity contribution in [1.82, 2.24) is 10.3 Å². The topological polar surface area (TPSA) is 51.2 Å². The van der Waals surface area contributed by atoms with Gasteiger partial charge in [-0.05, 0) is 45.2 Å². The molecule has 1 aromatic carbocycles. The first-order valence-corrected chi connectivity index (χ1v) is 9.68. The molecule has 5 heteroatoms. The van der Waals surface area contributed by atoms with Crippen LogP contribution in [0.1, 0.15) is 64.3 Å². The number of nitrogens with one attached hydrogen (secondary N) is 1. The van der Waals surface area contributed by atoms with E-state index in [1.807, 2.05) is 33.2 Å². The molecule has 0 saturated heterocycles. The highest BCUT2D eigenvalue weighted by atomic mass is 32.1. The number of aromatic nitrogens is 1. The van der Waals surface area contributed by atoms with Gasteiger partial charge in [0, 0.05) is 0 Å². The lowest BCUT2D eigenvalue weighted by Crippen LogP contribution is -2.35. The highest BCUT2D eigenvalue weighted by molar-refractivity contribution is 7.13. The number of nitrogens with zero attached hydrogens (tertiary/aromatic N) is 1. The monoisotopic (exact) mass is 360 g/mol. The zero-order valence-electron chi connectivity index (χ0n) is 15.8. The van der Waals surface area contributed by atoms with E-state index in [0.29, 0.717) is 0 Å². The van der Waals surface area contributed by atoms with Gasteiger partial charge in [0.15, 0.2) is 0 Å². The van der Waals surface area contributed by atoms with Gasteiger partial charge in [-0.3, -0.25) is 0 Å². The van der Waals surface area contributed by atoms with E-state index in [-0.39, 0.29) is 12.1 Å². The van der Waals surface area contributed by atoms with Crippen molar-refractivity contribution in [1.29, 1.82) is 0 Å². The molecule has 0 saturated carbocycles. The number of alkyl carbamates (subject to hydrolysis) is 1. The van der Waals surface area contributed by atoms with Crippen LogP contribution in [0.15, 0.2) is 29.8 Å². The van der Waals surface area contributed by atoms with Gasteiger partial charge < -0.3 is 10.1 Å².